The van der Waals surface area contributed by atoms with Crippen LogP contribution in [0, 0.1) is 0 Å². The highest BCUT2D eigenvalue weighted by atomic mass is 32.2. The average molecular weight is 362 g/mol. The first-order valence-corrected chi connectivity index (χ1v) is 9.45. The molecule has 0 spiro atoms. The topological polar surface area (TPSA) is 84.5 Å². The maximum atomic E-state index is 12.1. The summed E-state index contributed by atoms with van der Waals surface area (Å²) in [6.07, 6.45) is 0.945. The van der Waals surface area contributed by atoms with Gasteiger partial charge in [0.05, 0.1) is 18.4 Å². The van der Waals surface area contributed by atoms with E-state index >= 15 is 0 Å². The molecule has 0 aliphatic rings. The zero-order valence-electron chi connectivity index (χ0n) is 14.3. The van der Waals surface area contributed by atoms with Crippen molar-refractivity contribution in [2.24, 2.45) is 0 Å². The Kier molecular flexibility index (Phi) is 6.55. The third-order valence-corrected chi connectivity index (χ3v) is 4.99. The highest BCUT2D eigenvalue weighted by Crippen LogP contribution is 2.15. The predicted octanol–water partition coefficient (Wildman–Crippen LogP) is 2.56. The molecule has 0 fully saturated rings. The molecule has 0 heterocycles. The zero-order chi connectivity index (χ0) is 18.3. The molecule has 0 unspecified atom stereocenters. The van der Waals surface area contributed by atoms with E-state index in [2.05, 4.69) is 10.0 Å². The van der Waals surface area contributed by atoms with Gasteiger partial charge in [-0.05, 0) is 48.4 Å². The van der Waals surface area contributed by atoms with Crippen LogP contribution in [-0.4, -0.2) is 28.0 Å². The van der Waals surface area contributed by atoms with E-state index in [0.717, 1.165) is 17.7 Å². The summed E-state index contributed by atoms with van der Waals surface area (Å²) >= 11 is 0. The Bertz CT molecular complexity index is 800. The molecule has 2 aromatic rings. The smallest absolute Gasteiger partial charge is 0.240 e. The molecule has 0 aliphatic heterocycles. The first kappa shape index (κ1) is 19.0. The van der Waals surface area contributed by atoms with Gasteiger partial charge in [0.1, 0.15) is 5.75 Å². The van der Waals surface area contributed by atoms with Crippen molar-refractivity contribution in [1.29, 1.82) is 0 Å². The number of carbonyl (C=O) groups is 1. The summed E-state index contributed by atoms with van der Waals surface area (Å²) in [6, 6.07) is 13.3. The van der Waals surface area contributed by atoms with Crippen molar-refractivity contribution < 1.29 is 17.9 Å². The number of carbonyl (C=O) groups excluding carboxylic acids is 1. The maximum Gasteiger partial charge on any atom is 0.240 e. The van der Waals surface area contributed by atoms with Crippen molar-refractivity contribution in [3.8, 4) is 5.75 Å². The van der Waals surface area contributed by atoms with Crippen LogP contribution in [0.5, 0.6) is 5.75 Å². The predicted molar refractivity (Wildman–Crippen MR) is 97.2 cm³/mol. The molecular formula is C18H22N2O4S. The summed E-state index contributed by atoms with van der Waals surface area (Å²) in [5.74, 6) is 0.558. The van der Waals surface area contributed by atoms with Crippen LogP contribution in [0.4, 0.5) is 5.69 Å². The van der Waals surface area contributed by atoms with Crippen molar-refractivity contribution >= 4 is 21.6 Å². The van der Waals surface area contributed by atoms with Gasteiger partial charge in [-0.3, -0.25) is 4.79 Å². The van der Waals surface area contributed by atoms with Crippen LogP contribution in [0.15, 0.2) is 53.4 Å². The van der Waals surface area contributed by atoms with E-state index in [-0.39, 0.29) is 17.2 Å². The number of benzene rings is 2. The summed E-state index contributed by atoms with van der Waals surface area (Å²) in [7, 11) is -1.91. The second kappa shape index (κ2) is 8.64. The van der Waals surface area contributed by atoms with Gasteiger partial charge in [-0.25, -0.2) is 13.1 Å². The quantitative estimate of drug-likeness (QED) is 0.756. The average Bonchev–Trinajstić information content (AvgIpc) is 2.61. The summed E-state index contributed by atoms with van der Waals surface area (Å²) in [5, 5.41) is 2.76. The third-order valence-electron chi connectivity index (χ3n) is 3.51. The normalized spacial score (nSPS) is 11.1. The number of sulfonamides is 1. The van der Waals surface area contributed by atoms with Crippen LogP contribution in [0.1, 0.15) is 18.9 Å². The van der Waals surface area contributed by atoms with Crippen molar-refractivity contribution in [1.82, 2.24) is 4.72 Å². The van der Waals surface area contributed by atoms with Crippen LogP contribution >= 0.6 is 0 Å². The van der Waals surface area contributed by atoms with E-state index in [1.165, 1.54) is 12.1 Å². The molecule has 25 heavy (non-hydrogen) atoms. The van der Waals surface area contributed by atoms with Gasteiger partial charge in [-0.15, -0.1) is 0 Å². The van der Waals surface area contributed by atoms with Gasteiger partial charge < -0.3 is 10.1 Å². The van der Waals surface area contributed by atoms with Gasteiger partial charge >= 0.3 is 0 Å². The second-order valence-corrected chi connectivity index (χ2v) is 7.26. The van der Waals surface area contributed by atoms with E-state index in [1.807, 2.05) is 19.1 Å². The number of ether oxygens (including phenoxy) is 1. The highest BCUT2D eigenvalue weighted by Gasteiger charge is 2.13. The van der Waals surface area contributed by atoms with Crippen LogP contribution in [0.2, 0.25) is 0 Å². The number of hydrogen-bond donors (Lipinski definition) is 2. The van der Waals surface area contributed by atoms with Gasteiger partial charge in [0.25, 0.3) is 0 Å². The fourth-order valence-corrected chi connectivity index (χ4v) is 3.31. The molecule has 2 rings (SSSR count). The Morgan fingerprint density at radius 2 is 1.68 bits per heavy atom. The lowest BCUT2D eigenvalue weighted by atomic mass is 10.1. The van der Waals surface area contributed by atoms with E-state index in [9.17, 15) is 13.2 Å². The lowest BCUT2D eigenvalue weighted by Gasteiger charge is -2.08. The molecule has 0 atom stereocenters. The van der Waals surface area contributed by atoms with Crippen molar-refractivity contribution in [3.05, 3.63) is 54.1 Å². The molecule has 2 N–H and O–H groups in total. The number of methoxy groups -OCH3 is 1. The zero-order valence-corrected chi connectivity index (χ0v) is 15.1. The SMILES string of the molecule is CCCNS(=O)(=O)c1ccc(NC(=O)Cc2ccc(OC)cc2)cc1. The van der Waals surface area contributed by atoms with E-state index in [1.54, 1.807) is 31.4 Å². The molecule has 0 saturated heterocycles. The first-order valence-electron chi connectivity index (χ1n) is 7.97. The van der Waals surface area contributed by atoms with Crippen molar-refractivity contribution in [2.75, 3.05) is 19.0 Å². The standard InChI is InChI=1S/C18H22N2O4S/c1-3-12-19-25(22,23)17-10-6-15(7-11-17)20-18(21)13-14-4-8-16(24-2)9-5-14/h4-11,19H,3,12-13H2,1-2H3,(H,20,21). The Balaban J connectivity index is 1.97. The minimum Gasteiger partial charge on any atom is -0.497 e. The molecule has 2 aromatic carbocycles. The lowest BCUT2D eigenvalue weighted by Crippen LogP contribution is -2.24. The Labute approximate surface area is 148 Å². The fraction of sp³-hybridized carbons (Fsp3) is 0.278. The largest absolute Gasteiger partial charge is 0.497 e. The molecule has 1 amide bonds. The molecule has 0 aromatic heterocycles. The summed E-state index contributed by atoms with van der Waals surface area (Å²) < 4.78 is 31.6. The summed E-state index contributed by atoms with van der Waals surface area (Å²) in [5.41, 5.74) is 1.41. The number of hydrogen-bond acceptors (Lipinski definition) is 4. The first-order chi connectivity index (χ1) is 11.9. The van der Waals surface area contributed by atoms with Crippen LogP contribution in [-0.2, 0) is 21.2 Å². The van der Waals surface area contributed by atoms with Crippen LogP contribution in [0.25, 0.3) is 0 Å². The van der Waals surface area contributed by atoms with Crippen molar-refractivity contribution in [3.63, 3.8) is 0 Å². The monoisotopic (exact) mass is 362 g/mol. The van der Waals surface area contributed by atoms with E-state index in [0.29, 0.717) is 12.2 Å². The van der Waals surface area contributed by atoms with Gasteiger partial charge in [-0.2, -0.15) is 0 Å². The van der Waals surface area contributed by atoms with Crippen LogP contribution in [0.3, 0.4) is 0 Å². The van der Waals surface area contributed by atoms with Gasteiger partial charge in [-0.1, -0.05) is 19.1 Å². The fourth-order valence-electron chi connectivity index (χ4n) is 2.17. The Morgan fingerprint density at radius 3 is 2.24 bits per heavy atom. The van der Waals surface area contributed by atoms with Gasteiger partial charge in [0.2, 0.25) is 15.9 Å². The minimum absolute atomic E-state index is 0.175. The van der Waals surface area contributed by atoms with E-state index < -0.39 is 10.0 Å². The number of amides is 1. The van der Waals surface area contributed by atoms with Gasteiger partial charge in [0, 0.05) is 12.2 Å². The summed E-state index contributed by atoms with van der Waals surface area (Å²) in [6.45, 7) is 2.28. The van der Waals surface area contributed by atoms with Gasteiger partial charge in [0.15, 0.2) is 0 Å². The van der Waals surface area contributed by atoms with E-state index in [4.69, 9.17) is 4.74 Å². The molecular weight excluding hydrogens is 340 g/mol. The lowest BCUT2D eigenvalue weighted by molar-refractivity contribution is -0.115. The third kappa shape index (κ3) is 5.58. The molecule has 0 radical (unpaired) electrons. The molecule has 0 saturated carbocycles. The highest BCUT2D eigenvalue weighted by molar-refractivity contribution is 7.89. The summed E-state index contributed by atoms with van der Waals surface area (Å²) in [4.78, 5) is 12.3. The molecule has 0 aliphatic carbocycles. The Morgan fingerprint density at radius 1 is 1.04 bits per heavy atom. The molecule has 0 bridgehead atoms. The number of rotatable bonds is 8. The Hall–Kier alpha value is -2.38. The minimum atomic E-state index is -3.50. The maximum absolute atomic E-state index is 12.1. The number of nitrogens with one attached hydrogen (secondary N) is 2. The molecule has 134 valence electrons. The van der Waals surface area contributed by atoms with Crippen molar-refractivity contribution in [2.45, 2.75) is 24.7 Å². The molecule has 6 nitrogen and oxygen atoms in total. The number of anilines is 1. The molecule has 7 heteroatoms. The van der Waals surface area contributed by atoms with Crippen LogP contribution < -0.4 is 14.8 Å². The second-order valence-electron chi connectivity index (χ2n) is 5.50.